The Morgan fingerprint density at radius 3 is 2.34 bits per heavy atom. The summed E-state index contributed by atoms with van der Waals surface area (Å²) in [4.78, 5) is 24.3. The largest absolute Gasteiger partial charge is 0.423 e. The second-order valence-corrected chi connectivity index (χ2v) is 10.5. The number of esters is 1. The minimum absolute atomic E-state index is 0.151. The van der Waals surface area contributed by atoms with Gasteiger partial charge in [0, 0.05) is 30.6 Å². The fourth-order valence-electron chi connectivity index (χ4n) is 4.25. The first kappa shape index (κ1) is 22.2. The predicted octanol–water partition coefficient (Wildman–Crippen LogP) is 3.99. The van der Waals surface area contributed by atoms with E-state index in [9.17, 15) is 18.0 Å². The molecule has 0 aliphatic carbocycles. The van der Waals surface area contributed by atoms with Gasteiger partial charge in [-0.2, -0.15) is 4.31 Å². The van der Waals surface area contributed by atoms with Gasteiger partial charge in [-0.25, -0.2) is 18.0 Å². The Labute approximate surface area is 186 Å². The molecule has 0 spiro atoms. The van der Waals surface area contributed by atoms with E-state index >= 15 is 0 Å². The van der Waals surface area contributed by atoms with Crippen molar-refractivity contribution < 1.29 is 22.4 Å². The first-order valence-electron chi connectivity index (χ1n) is 10.5. The molecule has 7 nitrogen and oxygen atoms in total. The Kier molecular flexibility index (Phi) is 5.92. The van der Waals surface area contributed by atoms with E-state index in [1.165, 1.54) is 40.7 Å². The van der Waals surface area contributed by atoms with Crippen LogP contribution >= 0.6 is 0 Å². The molecule has 1 aliphatic heterocycles. The van der Waals surface area contributed by atoms with Gasteiger partial charge >= 0.3 is 11.6 Å². The Hall–Kier alpha value is -2.97. The lowest BCUT2D eigenvalue weighted by Gasteiger charge is -2.34. The average molecular weight is 456 g/mol. The van der Waals surface area contributed by atoms with E-state index in [-0.39, 0.29) is 16.2 Å². The number of ether oxygens (including phenoxy) is 1. The van der Waals surface area contributed by atoms with Crippen molar-refractivity contribution in [2.45, 2.75) is 32.1 Å². The highest BCUT2D eigenvalue weighted by atomic mass is 32.2. The quantitative estimate of drug-likeness (QED) is 0.335. The Morgan fingerprint density at radius 2 is 1.69 bits per heavy atom. The molecule has 0 saturated carbocycles. The van der Waals surface area contributed by atoms with Gasteiger partial charge in [-0.15, -0.1) is 0 Å². The van der Waals surface area contributed by atoms with Crippen LogP contribution in [-0.2, 0) is 10.0 Å². The normalized spacial score (nSPS) is 19.7. The number of fused-ring (bicyclic) bond motifs is 1. The molecule has 0 bridgehead atoms. The lowest BCUT2D eigenvalue weighted by molar-refractivity contribution is 0.0735. The topological polar surface area (TPSA) is 93.9 Å². The second kappa shape index (κ2) is 8.52. The Morgan fingerprint density at radius 1 is 1.03 bits per heavy atom. The summed E-state index contributed by atoms with van der Waals surface area (Å²) < 4.78 is 38.1. The van der Waals surface area contributed by atoms with Crippen molar-refractivity contribution in [2.24, 2.45) is 11.8 Å². The number of sulfonamides is 1. The van der Waals surface area contributed by atoms with E-state index in [0.29, 0.717) is 30.5 Å². The Balaban J connectivity index is 1.52. The molecule has 2 atom stereocenters. The SMILES string of the molecule is Cc1cc(=O)oc2cc(OC(=O)c3ccc(S(=O)(=O)N4C[C@@H](C)C[C@H](C)C4)cc3)ccc12. The summed E-state index contributed by atoms with van der Waals surface area (Å²) in [5.74, 6) is 0.198. The minimum atomic E-state index is -3.62. The van der Waals surface area contributed by atoms with Gasteiger partial charge in [-0.1, -0.05) is 13.8 Å². The third-order valence-electron chi connectivity index (χ3n) is 5.70. The van der Waals surface area contributed by atoms with E-state index in [1.54, 1.807) is 19.1 Å². The van der Waals surface area contributed by atoms with Crippen molar-refractivity contribution in [3.05, 3.63) is 70.1 Å². The first-order chi connectivity index (χ1) is 15.1. The molecule has 1 aromatic heterocycles. The number of nitrogens with zero attached hydrogens (tertiary/aromatic N) is 1. The molecule has 1 fully saturated rings. The van der Waals surface area contributed by atoms with Gasteiger partial charge in [-0.3, -0.25) is 0 Å². The van der Waals surface area contributed by atoms with Crippen LogP contribution in [0.3, 0.4) is 0 Å². The number of rotatable bonds is 4. The van der Waals surface area contributed by atoms with E-state index in [2.05, 4.69) is 13.8 Å². The molecule has 4 rings (SSSR count). The van der Waals surface area contributed by atoms with Gasteiger partial charge in [-0.05, 0) is 67.1 Å². The highest BCUT2D eigenvalue weighted by Crippen LogP contribution is 2.27. The molecule has 0 N–H and O–H groups in total. The van der Waals surface area contributed by atoms with Crippen molar-refractivity contribution in [2.75, 3.05) is 13.1 Å². The van der Waals surface area contributed by atoms with Gasteiger partial charge in [0.2, 0.25) is 10.0 Å². The zero-order valence-corrected chi connectivity index (χ0v) is 19.0. The predicted molar refractivity (Wildman–Crippen MR) is 120 cm³/mol. The van der Waals surface area contributed by atoms with Crippen molar-refractivity contribution in [1.82, 2.24) is 4.31 Å². The summed E-state index contributed by atoms with van der Waals surface area (Å²) >= 11 is 0. The van der Waals surface area contributed by atoms with Crippen LogP contribution in [0.1, 0.15) is 36.2 Å². The molecule has 1 saturated heterocycles. The van der Waals surface area contributed by atoms with Crippen LogP contribution in [0.25, 0.3) is 11.0 Å². The van der Waals surface area contributed by atoms with Crippen LogP contribution in [0.4, 0.5) is 0 Å². The van der Waals surface area contributed by atoms with Gasteiger partial charge in [0.25, 0.3) is 0 Å². The molecule has 0 radical (unpaired) electrons. The van der Waals surface area contributed by atoms with Gasteiger partial charge in [0.05, 0.1) is 10.5 Å². The molecule has 0 amide bonds. The number of piperidine rings is 1. The maximum absolute atomic E-state index is 13.0. The van der Waals surface area contributed by atoms with Crippen LogP contribution < -0.4 is 10.4 Å². The van der Waals surface area contributed by atoms with Crippen LogP contribution in [0.5, 0.6) is 5.75 Å². The smallest absolute Gasteiger partial charge is 0.343 e. The molecule has 0 unspecified atom stereocenters. The van der Waals surface area contributed by atoms with E-state index in [4.69, 9.17) is 9.15 Å². The molecule has 168 valence electrons. The monoisotopic (exact) mass is 455 g/mol. The van der Waals surface area contributed by atoms with Gasteiger partial charge in [0.15, 0.2) is 0 Å². The van der Waals surface area contributed by atoms with Crippen molar-refractivity contribution >= 4 is 27.0 Å². The number of carbonyl (C=O) groups is 1. The minimum Gasteiger partial charge on any atom is -0.423 e. The lowest BCUT2D eigenvalue weighted by atomic mass is 9.94. The highest BCUT2D eigenvalue weighted by molar-refractivity contribution is 7.89. The van der Waals surface area contributed by atoms with Crippen molar-refractivity contribution in [3.8, 4) is 5.75 Å². The lowest BCUT2D eigenvalue weighted by Crippen LogP contribution is -2.42. The Bertz CT molecular complexity index is 1320. The van der Waals surface area contributed by atoms with E-state index in [1.807, 2.05) is 0 Å². The van der Waals surface area contributed by atoms with Gasteiger partial charge < -0.3 is 9.15 Å². The zero-order valence-electron chi connectivity index (χ0n) is 18.2. The third-order valence-corrected chi connectivity index (χ3v) is 7.54. The molecule has 32 heavy (non-hydrogen) atoms. The number of aryl methyl sites for hydroxylation is 1. The second-order valence-electron chi connectivity index (χ2n) is 8.59. The maximum atomic E-state index is 13.0. The molecule has 2 heterocycles. The number of hydrogen-bond donors (Lipinski definition) is 0. The highest BCUT2D eigenvalue weighted by Gasteiger charge is 2.31. The summed E-state index contributed by atoms with van der Waals surface area (Å²) in [5, 5.41) is 0.750. The van der Waals surface area contributed by atoms with Crippen molar-refractivity contribution in [3.63, 3.8) is 0 Å². The van der Waals surface area contributed by atoms with E-state index in [0.717, 1.165) is 17.4 Å². The van der Waals surface area contributed by atoms with Crippen molar-refractivity contribution in [1.29, 1.82) is 0 Å². The summed E-state index contributed by atoms with van der Waals surface area (Å²) in [6, 6.07) is 12.0. The van der Waals surface area contributed by atoms with Crippen LogP contribution in [-0.4, -0.2) is 31.8 Å². The summed E-state index contributed by atoms with van der Waals surface area (Å²) in [6.07, 6.45) is 1.01. The fraction of sp³-hybridized carbons (Fsp3) is 0.333. The number of carbonyl (C=O) groups excluding carboxylic acids is 1. The van der Waals surface area contributed by atoms with E-state index < -0.39 is 21.6 Å². The molecular formula is C24H25NO6S. The first-order valence-corrected chi connectivity index (χ1v) is 11.9. The number of benzene rings is 2. The van der Waals surface area contributed by atoms with Gasteiger partial charge in [0.1, 0.15) is 11.3 Å². The fourth-order valence-corrected chi connectivity index (χ4v) is 5.93. The third kappa shape index (κ3) is 4.47. The van der Waals surface area contributed by atoms with Crippen LogP contribution in [0, 0.1) is 18.8 Å². The molecule has 1 aliphatic rings. The molecular weight excluding hydrogens is 430 g/mol. The molecule has 3 aromatic rings. The zero-order chi connectivity index (χ0) is 23.0. The standard InChI is InChI=1S/C24H25NO6S/c1-15-10-16(2)14-25(13-15)32(28,29)20-7-4-18(5-8-20)24(27)30-19-6-9-21-17(3)11-23(26)31-22(21)12-19/h4-9,11-12,15-16H,10,13-14H2,1-3H3/t15-,16-/m0/s1. The van der Waals surface area contributed by atoms with Crippen LogP contribution in [0.2, 0.25) is 0 Å². The maximum Gasteiger partial charge on any atom is 0.343 e. The summed E-state index contributed by atoms with van der Waals surface area (Å²) in [5.41, 5.74) is 0.832. The number of hydrogen-bond acceptors (Lipinski definition) is 6. The molecule has 2 aromatic carbocycles. The summed E-state index contributed by atoms with van der Waals surface area (Å²) in [6.45, 7) is 6.89. The molecule has 8 heteroatoms. The summed E-state index contributed by atoms with van der Waals surface area (Å²) in [7, 11) is -3.62. The van der Waals surface area contributed by atoms with Crippen LogP contribution in [0.15, 0.2) is 62.6 Å². The average Bonchev–Trinajstić information content (AvgIpc) is 2.72.